The average Bonchev–Trinajstić information content (AvgIpc) is 2.46. The number of aromatic nitrogens is 2. The fourth-order valence-corrected chi connectivity index (χ4v) is 1.66. The molecule has 0 spiro atoms. The summed E-state index contributed by atoms with van der Waals surface area (Å²) < 4.78 is 6.67. The number of imidazole rings is 1. The Bertz CT molecular complexity index is 346. The van der Waals surface area contributed by atoms with Crippen LogP contribution in [0.15, 0.2) is 6.33 Å². The van der Waals surface area contributed by atoms with Gasteiger partial charge in [-0.3, -0.25) is 0 Å². The molecular weight excluding hydrogens is 182 g/mol. The van der Waals surface area contributed by atoms with Crippen molar-refractivity contribution in [3.8, 4) is 0 Å². The second-order valence-electron chi connectivity index (χ2n) is 3.22. The van der Waals surface area contributed by atoms with Crippen molar-refractivity contribution in [2.75, 3.05) is 20.2 Å². The topological polar surface area (TPSA) is 56.1 Å². The molecule has 5 nitrogen and oxygen atoms in total. The largest absolute Gasteiger partial charge is 0.464 e. The molecule has 0 radical (unpaired) electrons. The van der Waals surface area contributed by atoms with E-state index in [2.05, 4.69) is 15.0 Å². The van der Waals surface area contributed by atoms with Crippen LogP contribution in [0.4, 0.5) is 0 Å². The molecule has 1 aromatic rings. The third-order valence-corrected chi connectivity index (χ3v) is 2.39. The van der Waals surface area contributed by atoms with Gasteiger partial charge in [0.05, 0.1) is 19.1 Å². The molecule has 5 heteroatoms. The van der Waals surface area contributed by atoms with Crippen LogP contribution in [0.2, 0.25) is 0 Å². The fourth-order valence-electron chi connectivity index (χ4n) is 1.66. The van der Waals surface area contributed by atoms with Crippen LogP contribution in [0.25, 0.3) is 0 Å². The number of nitrogens with zero attached hydrogens (tertiary/aromatic N) is 2. The molecule has 0 bridgehead atoms. The van der Waals surface area contributed by atoms with Crippen molar-refractivity contribution in [1.29, 1.82) is 0 Å². The zero-order valence-corrected chi connectivity index (χ0v) is 8.12. The van der Waals surface area contributed by atoms with E-state index in [1.807, 2.05) is 4.57 Å². The Hall–Kier alpha value is -1.36. The van der Waals surface area contributed by atoms with Gasteiger partial charge in [0, 0.05) is 26.1 Å². The predicted octanol–water partition coefficient (Wildman–Crippen LogP) is -0.185. The number of fused-ring (bicyclic) bond motifs is 1. The van der Waals surface area contributed by atoms with E-state index in [-0.39, 0.29) is 5.97 Å². The summed E-state index contributed by atoms with van der Waals surface area (Å²) in [6, 6.07) is 0. The van der Waals surface area contributed by atoms with Gasteiger partial charge < -0.3 is 14.6 Å². The van der Waals surface area contributed by atoms with Crippen LogP contribution in [0, 0.1) is 0 Å². The Balaban J connectivity index is 2.34. The molecule has 0 fully saturated rings. The number of hydrogen-bond acceptors (Lipinski definition) is 4. The number of hydrogen-bond donors (Lipinski definition) is 1. The van der Waals surface area contributed by atoms with Crippen LogP contribution in [-0.4, -0.2) is 35.7 Å². The van der Waals surface area contributed by atoms with Crippen molar-refractivity contribution < 1.29 is 9.53 Å². The molecule has 0 amide bonds. The first-order valence-electron chi connectivity index (χ1n) is 4.66. The molecule has 0 atom stereocenters. The Morgan fingerprint density at radius 2 is 2.50 bits per heavy atom. The third-order valence-electron chi connectivity index (χ3n) is 2.39. The maximum absolute atomic E-state index is 11.3. The molecule has 1 N–H and O–H groups in total. The number of rotatable bonds is 1. The Kier molecular flexibility index (Phi) is 2.49. The van der Waals surface area contributed by atoms with Gasteiger partial charge in [-0.05, 0) is 0 Å². The number of carbonyl (C=O) groups is 1. The minimum atomic E-state index is -0.347. The first-order valence-corrected chi connectivity index (χ1v) is 4.66. The zero-order valence-electron chi connectivity index (χ0n) is 8.12. The lowest BCUT2D eigenvalue weighted by molar-refractivity contribution is 0.0593. The lowest BCUT2D eigenvalue weighted by Crippen LogP contribution is -2.17. The maximum atomic E-state index is 11.3. The molecule has 0 saturated heterocycles. The van der Waals surface area contributed by atoms with Crippen LogP contribution in [0.5, 0.6) is 0 Å². The molecular formula is C9H13N3O2. The number of esters is 1. The summed E-state index contributed by atoms with van der Waals surface area (Å²) in [6.07, 6.45) is 2.53. The molecule has 1 aliphatic rings. The zero-order chi connectivity index (χ0) is 9.97. The molecule has 0 saturated carbocycles. The maximum Gasteiger partial charge on any atom is 0.358 e. The van der Waals surface area contributed by atoms with Gasteiger partial charge in [0.2, 0.25) is 0 Å². The van der Waals surface area contributed by atoms with Gasteiger partial charge in [-0.15, -0.1) is 0 Å². The van der Waals surface area contributed by atoms with E-state index < -0.39 is 0 Å². The quantitative estimate of drug-likeness (QED) is 0.631. The van der Waals surface area contributed by atoms with Crippen molar-refractivity contribution in [2.24, 2.45) is 0 Å². The van der Waals surface area contributed by atoms with Crippen molar-refractivity contribution in [3.05, 3.63) is 17.7 Å². The summed E-state index contributed by atoms with van der Waals surface area (Å²) in [7, 11) is 1.38. The normalized spacial score (nSPS) is 15.8. The smallest absolute Gasteiger partial charge is 0.358 e. The van der Waals surface area contributed by atoms with Gasteiger partial charge >= 0.3 is 5.97 Å². The van der Waals surface area contributed by atoms with Gasteiger partial charge in [0.15, 0.2) is 5.69 Å². The fraction of sp³-hybridized carbons (Fsp3) is 0.556. The van der Waals surface area contributed by atoms with Crippen molar-refractivity contribution in [3.63, 3.8) is 0 Å². The van der Waals surface area contributed by atoms with E-state index in [1.165, 1.54) is 7.11 Å². The van der Waals surface area contributed by atoms with Crippen LogP contribution < -0.4 is 5.32 Å². The highest BCUT2D eigenvalue weighted by molar-refractivity contribution is 5.88. The van der Waals surface area contributed by atoms with E-state index >= 15 is 0 Å². The standard InChI is InChI=1S/C9H13N3O2/c1-14-9(13)8-7-2-3-10-4-5-12(7)6-11-8/h6,10H,2-5H2,1H3. The number of ether oxygens (including phenoxy) is 1. The summed E-state index contributed by atoms with van der Waals surface area (Å²) >= 11 is 0. The second kappa shape index (κ2) is 3.79. The van der Waals surface area contributed by atoms with Crippen LogP contribution >= 0.6 is 0 Å². The van der Waals surface area contributed by atoms with E-state index in [1.54, 1.807) is 6.33 Å². The molecule has 14 heavy (non-hydrogen) atoms. The highest BCUT2D eigenvalue weighted by Gasteiger charge is 2.19. The summed E-state index contributed by atoms with van der Waals surface area (Å²) in [4.78, 5) is 15.4. The van der Waals surface area contributed by atoms with Gasteiger partial charge in [0.25, 0.3) is 0 Å². The minimum Gasteiger partial charge on any atom is -0.464 e. The van der Waals surface area contributed by atoms with Gasteiger partial charge in [-0.25, -0.2) is 9.78 Å². The minimum absolute atomic E-state index is 0.347. The van der Waals surface area contributed by atoms with Gasteiger partial charge in [0.1, 0.15) is 0 Å². The molecule has 0 aromatic carbocycles. The molecule has 1 aliphatic heterocycles. The Morgan fingerprint density at radius 1 is 1.64 bits per heavy atom. The monoisotopic (exact) mass is 195 g/mol. The van der Waals surface area contributed by atoms with E-state index in [4.69, 9.17) is 0 Å². The molecule has 0 unspecified atom stereocenters. The number of methoxy groups -OCH3 is 1. The number of nitrogens with one attached hydrogen (secondary N) is 1. The molecule has 1 aromatic heterocycles. The van der Waals surface area contributed by atoms with E-state index in [0.717, 1.165) is 31.7 Å². The highest BCUT2D eigenvalue weighted by Crippen LogP contribution is 2.11. The van der Waals surface area contributed by atoms with Gasteiger partial charge in [-0.1, -0.05) is 0 Å². The summed E-state index contributed by atoms with van der Waals surface area (Å²) in [5.41, 5.74) is 1.43. The molecule has 0 aliphatic carbocycles. The Morgan fingerprint density at radius 3 is 3.29 bits per heavy atom. The third kappa shape index (κ3) is 1.50. The molecule has 2 rings (SSSR count). The summed E-state index contributed by atoms with van der Waals surface area (Å²) in [5, 5.41) is 3.26. The van der Waals surface area contributed by atoms with Crippen LogP contribution in [0.3, 0.4) is 0 Å². The lowest BCUT2D eigenvalue weighted by atomic mass is 10.2. The first kappa shape index (κ1) is 9.21. The SMILES string of the molecule is COC(=O)c1ncn2c1CCNCC2. The van der Waals surface area contributed by atoms with Crippen LogP contribution in [-0.2, 0) is 17.7 Å². The molecule has 2 heterocycles. The van der Waals surface area contributed by atoms with Crippen molar-refractivity contribution >= 4 is 5.97 Å². The van der Waals surface area contributed by atoms with Crippen molar-refractivity contribution in [2.45, 2.75) is 13.0 Å². The lowest BCUT2D eigenvalue weighted by Gasteiger charge is -2.02. The van der Waals surface area contributed by atoms with E-state index in [9.17, 15) is 4.79 Å². The summed E-state index contributed by atoms with van der Waals surface area (Å²) in [6.45, 7) is 2.67. The van der Waals surface area contributed by atoms with E-state index in [0.29, 0.717) is 5.69 Å². The second-order valence-corrected chi connectivity index (χ2v) is 3.22. The average molecular weight is 195 g/mol. The Labute approximate surface area is 82.1 Å². The predicted molar refractivity (Wildman–Crippen MR) is 50.1 cm³/mol. The van der Waals surface area contributed by atoms with Crippen molar-refractivity contribution in [1.82, 2.24) is 14.9 Å². The highest BCUT2D eigenvalue weighted by atomic mass is 16.5. The van der Waals surface area contributed by atoms with Crippen LogP contribution in [0.1, 0.15) is 16.2 Å². The molecule has 76 valence electrons. The number of carbonyl (C=O) groups excluding carboxylic acids is 1. The summed E-state index contributed by atoms with van der Waals surface area (Å²) in [5.74, 6) is -0.347. The van der Waals surface area contributed by atoms with Gasteiger partial charge in [-0.2, -0.15) is 0 Å². The first-order chi connectivity index (χ1) is 6.83.